The van der Waals surface area contributed by atoms with Crippen LogP contribution in [0.15, 0.2) is 12.2 Å². The van der Waals surface area contributed by atoms with Gasteiger partial charge in [-0.05, 0) is 32.1 Å². The Balaban J connectivity index is 2.00. The second-order valence-corrected chi connectivity index (χ2v) is 7.20. The minimum absolute atomic E-state index is 0.103. The quantitative estimate of drug-likeness (QED) is 0.273. The molecule has 1 rings (SSSR count). The summed E-state index contributed by atoms with van der Waals surface area (Å²) in [6.45, 7) is 2.18. The van der Waals surface area contributed by atoms with Gasteiger partial charge in [-0.15, -0.1) is 0 Å². The highest BCUT2D eigenvalue weighted by atomic mass is 16.5. The lowest BCUT2D eigenvalue weighted by Crippen LogP contribution is -2.10. The number of unbranched alkanes of at least 4 members (excludes halogenated alkanes) is 6. The van der Waals surface area contributed by atoms with Crippen molar-refractivity contribution < 1.29 is 19.4 Å². The van der Waals surface area contributed by atoms with E-state index >= 15 is 0 Å². The average Bonchev–Trinajstić information content (AvgIpc) is 3.07. The second kappa shape index (κ2) is 14.3. The Morgan fingerprint density at radius 3 is 2.68 bits per heavy atom. The number of carbonyl (C=O) groups excluding carboxylic acids is 1. The molecule has 4 heteroatoms. The second-order valence-electron chi connectivity index (χ2n) is 7.20. The van der Waals surface area contributed by atoms with Gasteiger partial charge in [0.1, 0.15) is 0 Å². The van der Waals surface area contributed by atoms with Crippen molar-refractivity contribution in [3.8, 4) is 0 Å². The molecular weight excluding hydrogens is 316 g/mol. The summed E-state index contributed by atoms with van der Waals surface area (Å²) < 4.78 is 10.7. The Hall–Kier alpha value is -0.870. The summed E-state index contributed by atoms with van der Waals surface area (Å²) >= 11 is 0. The Bertz CT molecular complexity index is 367. The van der Waals surface area contributed by atoms with Crippen LogP contribution in [0.5, 0.6) is 0 Å². The lowest BCUT2D eigenvalue weighted by Gasteiger charge is -2.12. The molecule has 0 aliphatic carbocycles. The lowest BCUT2D eigenvalue weighted by atomic mass is 10.0. The number of hydrogen-bond acceptors (Lipinski definition) is 4. The number of aliphatic hydroxyl groups excluding tert-OH is 1. The minimum atomic E-state index is -0.320. The fraction of sp³-hybridized carbons (Fsp3) is 0.857. The van der Waals surface area contributed by atoms with Gasteiger partial charge in [0.2, 0.25) is 0 Å². The van der Waals surface area contributed by atoms with E-state index in [9.17, 15) is 9.90 Å². The molecule has 0 aromatic carbocycles. The molecule has 0 radical (unpaired) electrons. The van der Waals surface area contributed by atoms with Gasteiger partial charge in [-0.25, -0.2) is 0 Å². The molecule has 4 nitrogen and oxygen atoms in total. The molecule has 146 valence electrons. The normalized spacial score (nSPS) is 21.7. The summed E-state index contributed by atoms with van der Waals surface area (Å²) in [7, 11) is 1.44. The average molecular weight is 355 g/mol. The van der Waals surface area contributed by atoms with Gasteiger partial charge in [0.15, 0.2) is 0 Å². The van der Waals surface area contributed by atoms with Gasteiger partial charge in [0, 0.05) is 6.42 Å². The highest BCUT2D eigenvalue weighted by molar-refractivity contribution is 5.68. The summed E-state index contributed by atoms with van der Waals surface area (Å²) in [6, 6.07) is 0. The van der Waals surface area contributed by atoms with Crippen molar-refractivity contribution in [3.05, 3.63) is 12.2 Å². The fourth-order valence-electron chi connectivity index (χ4n) is 3.31. The zero-order chi connectivity index (χ0) is 18.3. The Labute approximate surface area is 154 Å². The van der Waals surface area contributed by atoms with Crippen molar-refractivity contribution in [2.45, 2.75) is 109 Å². The number of hydrogen-bond donors (Lipinski definition) is 1. The van der Waals surface area contributed by atoms with Crippen molar-refractivity contribution in [1.82, 2.24) is 0 Å². The molecule has 0 amide bonds. The molecule has 1 saturated heterocycles. The van der Waals surface area contributed by atoms with E-state index in [2.05, 4.69) is 17.7 Å². The van der Waals surface area contributed by atoms with E-state index in [0.29, 0.717) is 12.5 Å². The topological polar surface area (TPSA) is 55.8 Å². The molecule has 25 heavy (non-hydrogen) atoms. The fourth-order valence-corrected chi connectivity index (χ4v) is 3.31. The number of aliphatic hydroxyl groups is 1. The van der Waals surface area contributed by atoms with Crippen LogP contribution in [0.2, 0.25) is 0 Å². The third-order valence-electron chi connectivity index (χ3n) is 4.93. The van der Waals surface area contributed by atoms with Crippen LogP contribution in [0, 0.1) is 0 Å². The molecule has 0 spiro atoms. The largest absolute Gasteiger partial charge is 0.469 e. The van der Waals surface area contributed by atoms with Crippen molar-refractivity contribution in [3.63, 3.8) is 0 Å². The third-order valence-corrected chi connectivity index (χ3v) is 4.93. The first-order valence-electron chi connectivity index (χ1n) is 10.2. The van der Waals surface area contributed by atoms with Crippen LogP contribution in [0.4, 0.5) is 0 Å². The maximum Gasteiger partial charge on any atom is 0.305 e. The molecule has 0 saturated carbocycles. The number of carbonyl (C=O) groups is 1. The Kier molecular flexibility index (Phi) is 12.7. The molecule has 0 aromatic heterocycles. The molecule has 0 bridgehead atoms. The van der Waals surface area contributed by atoms with Crippen molar-refractivity contribution >= 4 is 5.97 Å². The molecule has 1 fully saturated rings. The first-order chi connectivity index (χ1) is 12.2. The van der Waals surface area contributed by atoms with Gasteiger partial charge >= 0.3 is 5.97 Å². The minimum Gasteiger partial charge on any atom is -0.469 e. The number of esters is 1. The van der Waals surface area contributed by atoms with E-state index in [0.717, 1.165) is 44.9 Å². The van der Waals surface area contributed by atoms with Crippen LogP contribution in [0.3, 0.4) is 0 Å². The first-order valence-corrected chi connectivity index (χ1v) is 10.2. The van der Waals surface area contributed by atoms with Crippen LogP contribution >= 0.6 is 0 Å². The monoisotopic (exact) mass is 354 g/mol. The van der Waals surface area contributed by atoms with Gasteiger partial charge in [-0.1, -0.05) is 64.0 Å². The van der Waals surface area contributed by atoms with E-state index in [-0.39, 0.29) is 18.2 Å². The highest BCUT2D eigenvalue weighted by Crippen LogP contribution is 2.25. The predicted octanol–water partition coefficient (Wildman–Crippen LogP) is 4.94. The molecule has 3 unspecified atom stereocenters. The number of ether oxygens (including phenoxy) is 2. The first kappa shape index (κ1) is 22.2. The molecule has 0 aromatic rings. The Morgan fingerprint density at radius 2 is 1.92 bits per heavy atom. The standard InChI is InChI=1S/C21H38O4/c1-3-4-8-11-18(22)14-15-20-17-16-19(25-20)12-9-6-5-7-10-13-21(23)24-2/h14-15,18-20,22H,3-13,16-17H2,1-2H3. The zero-order valence-electron chi connectivity index (χ0n) is 16.3. The van der Waals surface area contributed by atoms with Crippen LogP contribution in [0.1, 0.15) is 90.4 Å². The number of methoxy groups -OCH3 is 1. The van der Waals surface area contributed by atoms with Gasteiger partial charge in [0.25, 0.3) is 0 Å². The molecule has 1 heterocycles. The van der Waals surface area contributed by atoms with Gasteiger partial charge in [-0.3, -0.25) is 4.79 Å². The lowest BCUT2D eigenvalue weighted by molar-refractivity contribution is -0.140. The molecular formula is C21H38O4. The summed E-state index contributed by atoms with van der Waals surface area (Å²) in [4.78, 5) is 11.0. The van der Waals surface area contributed by atoms with E-state index < -0.39 is 0 Å². The molecule has 3 atom stereocenters. The van der Waals surface area contributed by atoms with Crippen molar-refractivity contribution in [2.75, 3.05) is 7.11 Å². The van der Waals surface area contributed by atoms with Gasteiger partial charge < -0.3 is 14.6 Å². The van der Waals surface area contributed by atoms with E-state index in [1.54, 1.807) is 0 Å². The summed E-state index contributed by atoms with van der Waals surface area (Å²) in [5, 5.41) is 9.93. The predicted molar refractivity (Wildman–Crippen MR) is 102 cm³/mol. The summed E-state index contributed by atoms with van der Waals surface area (Å²) in [5.41, 5.74) is 0. The highest BCUT2D eigenvalue weighted by Gasteiger charge is 2.22. The Morgan fingerprint density at radius 1 is 1.16 bits per heavy atom. The van der Waals surface area contributed by atoms with Gasteiger partial charge in [0.05, 0.1) is 25.4 Å². The molecule has 1 aliphatic rings. The van der Waals surface area contributed by atoms with E-state index in [1.807, 2.05) is 6.08 Å². The van der Waals surface area contributed by atoms with Crippen molar-refractivity contribution in [2.24, 2.45) is 0 Å². The smallest absolute Gasteiger partial charge is 0.305 e. The van der Waals surface area contributed by atoms with Gasteiger partial charge in [-0.2, -0.15) is 0 Å². The van der Waals surface area contributed by atoms with E-state index in [1.165, 1.54) is 39.2 Å². The maximum atomic E-state index is 11.0. The zero-order valence-corrected chi connectivity index (χ0v) is 16.3. The number of rotatable bonds is 14. The summed E-state index contributed by atoms with van der Waals surface area (Å²) in [6.07, 6.45) is 18.0. The molecule has 1 N–H and O–H groups in total. The SMILES string of the molecule is CCCCCC(O)C=CC1CCC(CCCCCCCC(=O)OC)O1. The van der Waals surface area contributed by atoms with Crippen LogP contribution in [-0.2, 0) is 14.3 Å². The van der Waals surface area contributed by atoms with Crippen LogP contribution in [0.25, 0.3) is 0 Å². The molecule has 1 aliphatic heterocycles. The summed E-state index contributed by atoms with van der Waals surface area (Å²) in [5.74, 6) is -0.103. The van der Waals surface area contributed by atoms with Crippen LogP contribution < -0.4 is 0 Å². The van der Waals surface area contributed by atoms with E-state index in [4.69, 9.17) is 4.74 Å². The van der Waals surface area contributed by atoms with Crippen molar-refractivity contribution in [1.29, 1.82) is 0 Å². The van der Waals surface area contributed by atoms with Crippen LogP contribution in [-0.4, -0.2) is 36.5 Å². The maximum absolute atomic E-state index is 11.0. The third kappa shape index (κ3) is 11.4.